The van der Waals surface area contributed by atoms with Crippen LogP contribution < -0.4 is 0 Å². The van der Waals surface area contributed by atoms with Gasteiger partial charge in [-0.1, -0.05) is 42.3 Å². The maximum atomic E-state index is 12.3. The molecular formula is C18H12O2. The SMILES string of the molecule is Cc1oc2ccccc2c1C(=O)C#Cc1ccccc1. The average molecular weight is 260 g/mol. The van der Waals surface area contributed by atoms with E-state index in [4.69, 9.17) is 4.42 Å². The molecule has 0 fully saturated rings. The smallest absolute Gasteiger partial charge is 0.240 e. The highest BCUT2D eigenvalue weighted by molar-refractivity contribution is 6.17. The minimum Gasteiger partial charge on any atom is -0.461 e. The fourth-order valence-corrected chi connectivity index (χ4v) is 2.16. The van der Waals surface area contributed by atoms with Gasteiger partial charge < -0.3 is 4.42 Å². The molecule has 0 aliphatic rings. The quantitative estimate of drug-likeness (QED) is 0.489. The molecule has 0 N–H and O–H groups in total. The molecule has 1 heterocycles. The lowest BCUT2D eigenvalue weighted by molar-refractivity contribution is 0.105. The van der Waals surface area contributed by atoms with E-state index in [2.05, 4.69) is 11.8 Å². The van der Waals surface area contributed by atoms with E-state index in [1.165, 1.54) is 0 Å². The number of hydrogen-bond acceptors (Lipinski definition) is 2. The van der Waals surface area contributed by atoms with Crippen LogP contribution in [-0.2, 0) is 0 Å². The van der Waals surface area contributed by atoms with Crippen LogP contribution in [0, 0.1) is 18.8 Å². The van der Waals surface area contributed by atoms with E-state index in [1.807, 2.05) is 54.6 Å². The molecule has 0 saturated carbocycles. The van der Waals surface area contributed by atoms with Gasteiger partial charge in [0.25, 0.3) is 0 Å². The molecule has 0 saturated heterocycles. The van der Waals surface area contributed by atoms with Crippen molar-refractivity contribution >= 4 is 16.8 Å². The largest absolute Gasteiger partial charge is 0.461 e. The maximum absolute atomic E-state index is 12.3. The Labute approximate surface area is 117 Å². The Morgan fingerprint density at radius 1 is 1.00 bits per heavy atom. The van der Waals surface area contributed by atoms with E-state index in [-0.39, 0.29) is 5.78 Å². The summed E-state index contributed by atoms with van der Waals surface area (Å²) >= 11 is 0. The molecule has 0 atom stereocenters. The average Bonchev–Trinajstić information content (AvgIpc) is 2.82. The summed E-state index contributed by atoms with van der Waals surface area (Å²) in [6.45, 7) is 1.79. The third-order valence-corrected chi connectivity index (χ3v) is 3.09. The second kappa shape index (κ2) is 5.07. The van der Waals surface area contributed by atoms with Gasteiger partial charge in [0.05, 0.1) is 5.56 Å². The van der Waals surface area contributed by atoms with Crippen LogP contribution >= 0.6 is 0 Å². The number of carbonyl (C=O) groups excluding carboxylic acids is 1. The second-order valence-corrected chi connectivity index (χ2v) is 4.47. The van der Waals surface area contributed by atoms with Crippen molar-refractivity contribution < 1.29 is 9.21 Å². The van der Waals surface area contributed by atoms with Crippen LogP contribution in [0.25, 0.3) is 11.0 Å². The highest BCUT2D eigenvalue weighted by atomic mass is 16.3. The van der Waals surface area contributed by atoms with E-state index in [9.17, 15) is 4.79 Å². The standard InChI is InChI=1S/C18H12O2/c1-13-18(15-9-5-6-10-17(15)20-13)16(19)12-11-14-7-3-2-4-8-14/h2-10H,1H3. The number of carbonyl (C=O) groups is 1. The predicted molar refractivity (Wildman–Crippen MR) is 78.6 cm³/mol. The number of furan rings is 1. The van der Waals surface area contributed by atoms with E-state index in [0.29, 0.717) is 11.3 Å². The van der Waals surface area contributed by atoms with Crippen LogP contribution in [0.1, 0.15) is 21.7 Å². The molecule has 0 spiro atoms. The molecule has 2 aromatic carbocycles. The summed E-state index contributed by atoms with van der Waals surface area (Å²) in [6, 6.07) is 17.0. The molecule has 0 bridgehead atoms. The van der Waals surface area contributed by atoms with E-state index < -0.39 is 0 Å². The Kier molecular flexibility index (Phi) is 3.10. The first-order valence-electron chi connectivity index (χ1n) is 6.35. The van der Waals surface area contributed by atoms with Crippen LogP contribution in [0.3, 0.4) is 0 Å². The molecule has 0 amide bonds. The molecular weight excluding hydrogens is 248 g/mol. The lowest BCUT2D eigenvalue weighted by Gasteiger charge is -1.91. The van der Waals surface area contributed by atoms with E-state index >= 15 is 0 Å². The Morgan fingerprint density at radius 3 is 2.50 bits per heavy atom. The molecule has 0 aliphatic carbocycles. The number of ketones is 1. The van der Waals surface area contributed by atoms with Crippen molar-refractivity contribution in [1.29, 1.82) is 0 Å². The third-order valence-electron chi connectivity index (χ3n) is 3.09. The van der Waals surface area contributed by atoms with Gasteiger partial charge in [0.1, 0.15) is 11.3 Å². The summed E-state index contributed by atoms with van der Waals surface area (Å²) in [6.07, 6.45) is 0. The highest BCUT2D eigenvalue weighted by Crippen LogP contribution is 2.25. The first kappa shape index (κ1) is 12.3. The van der Waals surface area contributed by atoms with Gasteiger partial charge in [0.15, 0.2) is 0 Å². The molecule has 20 heavy (non-hydrogen) atoms. The fourth-order valence-electron chi connectivity index (χ4n) is 2.16. The minimum absolute atomic E-state index is 0.212. The van der Waals surface area contributed by atoms with Gasteiger partial charge in [0, 0.05) is 10.9 Å². The number of aryl methyl sites for hydroxylation is 1. The first-order chi connectivity index (χ1) is 9.75. The van der Waals surface area contributed by atoms with Gasteiger partial charge in [-0.15, -0.1) is 0 Å². The number of hydrogen-bond donors (Lipinski definition) is 0. The molecule has 96 valence electrons. The van der Waals surface area contributed by atoms with Gasteiger partial charge in [0.2, 0.25) is 5.78 Å². The van der Waals surface area contributed by atoms with Crippen molar-refractivity contribution in [2.24, 2.45) is 0 Å². The second-order valence-electron chi connectivity index (χ2n) is 4.47. The van der Waals surface area contributed by atoms with Crippen molar-refractivity contribution in [2.75, 3.05) is 0 Å². The van der Waals surface area contributed by atoms with Crippen molar-refractivity contribution in [3.05, 3.63) is 71.5 Å². The lowest BCUT2D eigenvalue weighted by atomic mass is 10.1. The predicted octanol–water partition coefficient (Wildman–Crippen LogP) is 3.98. The molecule has 2 heteroatoms. The molecule has 0 aliphatic heterocycles. The molecule has 2 nitrogen and oxygen atoms in total. The van der Waals surface area contributed by atoms with Gasteiger partial charge in [-0.05, 0) is 31.0 Å². The summed E-state index contributed by atoms with van der Waals surface area (Å²) < 4.78 is 5.58. The van der Waals surface area contributed by atoms with E-state index in [1.54, 1.807) is 6.92 Å². The Balaban J connectivity index is 2.02. The number of para-hydroxylation sites is 1. The topological polar surface area (TPSA) is 30.2 Å². The van der Waals surface area contributed by atoms with Crippen molar-refractivity contribution in [2.45, 2.75) is 6.92 Å². The van der Waals surface area contributed by atoms with Crippen LogP contribution in [0.2, 0.25) is 0 Å². The van der Waals surface area contributed by atoms with Crippen LogP contribution in [-0.4, -0.2) is 5.78 Å². The highest BCUT2D eigenvalue weighted by Gasteiger charge is 2.15. The molecule has 3 rings (SSSR count). The Morgan fingerprint density at radius 2 is 1.70 bits per heavy atom. The number of fused-ring (bicyclic) bond motifs is 1. The van der Waals surface area contributed by atoms with Crippen LogP contribution in [0.5, 0.6) is 0 Å². The third kappa shape index (κ3) is 2.22. The molecule has 1 aromatic heterocycles. The molecule has 3 aromatic rings. The van der Waals surface area contributed by atoms with Gasteiger partial charge in [-0.3, -0.25) is 4.79 Å². The lowest BCUT2D eigenvalue weighted by Crippen LogP contribution is -1.96. The number of benzene rings is 2. The van der Waals surface area contributed by atoms with Crippen molar-refractivity contribution in [3.8, 4) is 11.8 Å². The van der Waals surface area contributed by atoms with Crippen molar-refractivity contribution in [1.82, 2.24) is 0 Å². The normalized spacial score (nSPS) is 10.1. The zero-order chi connectivity index (χ0) is 13.9. The fraction of sp³-hybridized carbons (Fsp3) is 0.0556. The zero-order valence-electron chi connectivity index (χ0n) is 11.0. The summed E-state index contributed by atoms with van der Waals surface area (Å²) in [4.78, 5) is 12.3. The first-order valence-corrected chi connectivity index (χ1v) is 6.35. The Hall–Kier alpha value is -2.79. The number of Topliss-reactive ketones (excluding diaryl/α,β-unsaturated/α-hetero) is 1. The van der Waals surface area contributed by atoms with E-state index in [0.717, 1.165) is 16.5 Å². The van der Waals surface area contributed by atoms with Crippen LogP contribution in [0.4, 0.5) is 0 Å². The Bertz CT molecular complexity index is 830. The van der Waals surface area contributed by atoms with Crippen LogP contribution in [0.15, 0.2) is 59.0 Å². The van der Waals surface area contributed by atoms with Gasteiger partial charge in [-0.25, -0.2) is 0 Å². The van der Waals surface area contributed by atoms with Gasteiger partial charge >= 0.3 is 0 Å². The number of rotatable bonds is 1. The van der Waals surface area contributed by atoms with Gasteiger partial charge in [-0.2, -0.15) is 0 Å². The van der Waals surface area contributed by atoms with Crippen molar-refractivity contribution in [3.63, 3.8) is 0 Å². The summed E-state index contributed by atoms with van der Waals surface area (Å²) in [5.74, 6) is 5.97. The monoisotopic (exact) mass is 260 g/mol. The molecule has 0 unspecified atom stereocenters. The minimum atomic E-state index is -0.212. The summed E-state index contributed by atoms with van der Waals surface area (Å²) in [7, 11) is 0. The zero-order valence-corrected chi connectivity index (χ0v) is 11.0. The maximum Gasteiger partial charge on any atom is 0.240 e. The summed E-state index contributed by atoms with van der Waals surface area (Å²) in [5.41, 5.74) is 2.10. The summed E-state index contributed by atoms with van der Waals surface area (Å²) in [5, 5.41) is 0.817. The molecule has 0 radical (unpaired) electrons.